The van der Waals surface area contributed by atoms with Crippen molar-refractivity contribution < 1.29 is 13.9 Å². The fourth-order valence-corrected chi connectivity index (χ4v) is 2.92. The molecule has 0 fully saturated rings. The highest BCUT2D eigenvalue weighted by atomic mass is 19.1. The van der Waals surface area contributed by atoms with E-state index in [0.29, 0.717) is 23.5 Å². The quantitative estimate of drug-likeness (QED) is 0.526. The van der Waals surface area contributed by atoms with Gasteiger partial charge in [-0.05, 0) is 26.0 Å². The van der Waals surface area contributed by atoms with Crippen LogP contribution in [-0.4, -0.2) is 37.1 Å². The van der Waals surface area contributed by atoms with Gasteiger partial charge >= 0.3 is 5.97 Å². The number of halogens is 1. The zero-order valence-corrected chi connectivity index (χ0v) is 13.2. The largest absolute Gasteiger partial charge is 0.461 e. The summed E-state index contributed by atoms with van der Waals surface area (Å²) in [6.07, 6.45) is 1.94. The lowest BCUT2D eigenvalue weighted by molar-refractivity contribution is 0.0519. The molecule has 0 saturated carbocycles. The van der Waals surface area contributed by atoms with Crippen molar-refractivity contribution in [2.75, 3.05) is 6.61 Å². The highest BCUT2D eigenvalue weighted by molar-refractivity contribution is 5.89. The molecule has 0 saturated heterocycles. The molecule has 1 aliphatic rings. The maximum Gasteiger partial charge on any atom is 0.358 e. The summed E-state index contributed by atoms with van der Waals surface area (Å²) in [7, 11) is 0. The minimum Gasteiger partial charge on any atom is -0.461 e. The molecule has 3 heterocycles. The van der Waals surface area contributed by atoms with Crippen LogP contribution in [0.15, 0.2) is 24.5 Å². The van der Waals surface area contributed by atoms with Crippen LogP contribution in [-0.2, 0) is 11.2 Å². The molecule has 3 aromatic rings. The van der Waals surface area contributed by atoms with Crippen molar-refractivity contribution in [1.82, 2.24) is 24.5 Å². The van der Waals surface area contributed by atoms with Crippen LogP contribution in [0.5, 0.6) is 0 Å². The maximum absolute atomic E-state index is 13.8. The minimum atomic E-state index is -0.478. The third-order valence-corrected chi connectivity index (χ3v) is 4.05. The van der Waals surface area contributed by atoms with E-state index in [0.717, 1.165) is 11.4 Å². The SMILES string of the molecule is CCOC(=O)c1ncn2c1Cc1c(C)nnn1-c1cc(F)ccc1-2. The Labute approximate surface area is 136 Å². The number of esters is 1. The monoisotopic (exact) mass is 327 g/mol. The Morgan fingerprint density at radius 1 is 1.33 bits per heavy atom. The van der Waals surface area contributed by atoms with Gasteiger partial charge in [-0.1, -0.05) is 5.21 Å². The van der Waals surface area contributed by atoms with Crippen LogP contribution in [0.3, 0.4) is 0 Å². The smallest absolute Gasteiger partial charge is 0.358 e. The Bertz CT molecular complexity index is 960. The number of hydrogen-bond donors (Lipinski definition) is 0. The molecule has 0 N–H and O–H groups in total. The van der Waals surface area contributed by atoms with Crippen LogP contribution < -0.4 is 0 Å². The summed E-state index contributed by atoms with van der Waals surface area (Å²) in [5.74, 6) is -0.851. The van der Waals surface area contributed by atoms with Gasteiger partial charge in [0.1, 0.15) is 12.1 Å². The van der Waals surface area contributed by atoms with Gasteiger partial charge in [-0.2, -0.15) is 0 Å². The molecule has 0 bridgehead atoms. The first-order chi connectivity index (χ1) is 11.6. The summed E-state index contributed by atoms with van der Waals surface area (Å²) in [5, 5.41) is 8.20. The van der Waals surface area contributed by atoms with Crippen molar-refractivity contribution in [3.8, 4) is 11.4 Å². The van der Waals surface area contributed by atoms with Gasteiger partial charge in [-0.3, -0.25) is 4.57 Å². The van der Waals surface area contributed by atoms with E-state index in [4.69, 9.17) is 4.74 Å². The highest BCUT2D eigenvalue weighted by Crippen LogP contribution is 2.30. The molecule has 0 aliphatic carbocycles. The Balaban J connectivity index is 2.00. The average molecular weight is 327 g/mol. The van der Waals surface area contributed by atoms with Crippen LogP contribution in [0.2, 0.25) is 0 Å². The van der Waals surface area contributed by atoms with Crippen molar-refractivity contribution in [2.24, 2.45) is 0 Å². The predicted molar refractivity (Wildman–Crippen MR) is 81.9 cm³/mol. The van der Waals surface area contributed by atoms with E-state index in [-0.39, 0.29) is 18.1 Å². The first-order valence-electron chi connectivity index (χ1n) is 7.55. The molecule has 0 atom stereocenters. The summed E-state index contributed by atoms with van der Waals surface area (Å²) < 4.78 is 22.2. The van der Waals surface area contributed by atoms with E-state index >= 15 is 0 Å². The lowest BCUT2D eigenvalue weighted by atomic mass is 10.1. The number of ether oxygens (including phenoxy) is 1. The van der Waals surface area contributed by atoms with Crippen molar-refractivity contribution in [3.63, 3.8) is 0 Å². The fourth-order valence-electron chi connectivity index (χ4n) is 2.92. The molecule has 2 aromatic heterocycles. The lowest BCUT2D eigenvalue weighted by Gasteiger charge is -2.09. The van der Waals surface area contributed by atoms with Crippen LogP contribution in [0, 0.1) is 12.7 Å². The van der Waals surface area contributed by atoms with Crippen molar-refractivity contribution in [1.29, 1.82) is 0 Å². The van der Waals surface area contributed by atoms with Crippen LogP contribution >= 0.6 is 0 Å². The van der Waals surface area contributed by atoms with Gasteiger partial charge in [-0.15, -0.1) is 5.10 Å². The van der Waals surface area contributed by atoms with Gasteiger partial charge in [0.2, 0.25) is 0 Å². The Hall–Kier alpha value is -3.03. The zero-order valence-electron chi connectivity index (χ0n) is 13.2. The van der Waals surface area contributed by atoms with Crippen molar-refractivity contribution in [2.45, 2.75) is 20.3 Å². The summed E-state index contributed by atoms with van der Waals surface area (Å²) in [4.78, 5) is 16.4. The molecule has 7 nitrogen and oxygen atoms in total. The van der Waals surface area contributed by atoms with Crippen LogP contribution in [0.25, 0.3) is 11.4 Å². The van der Waals surface area contributed by atoms with E-state index in [1.54, 1.807) is 28.6 Å². The number of fused-ring (bicyclic) bond motifs is 5. The molecule has 0 unspecified atom stereocenters. The Morgan fingerprint density at radius 3 is 2.96 bits per heavy atom. The number of carbonyl (C=O) groups excluding carboxylic acids is 1. The topological polar surface area (TPSA) is 74.8 Å². The summed E-state index contributed by atoms with van der Waals surface area (Å²) >= 11 is 0. The van der Waals surface area contributed by atoms with E-state index in [1.807, 2.05) is 6.92 Å². The predicted octanol–water partition coefficient (Wildman–Crippen LogP) is 1.98. The molecule has 24 heavy (non-hydrogen) atoms. The van der Waals surface area contributed by atoms with Gasteiger partial charge in [-0.25, -0.2) is 18.9 Å². The van der Waals surface area contributed by atoms with Crippen molar-refractivity contribution >= 4 is 5.97 Å². The number of carbonyl (C=O) groups is 1. The van der Waals surface area contributed by atoms with Gasteiger partial charge in [0.15, 0.2) is 5.69 Å². The second-order valence-electron chi connectivity index (χ2n) is 5.47. The molecule has 8 heteroatoms. The van der Waals surface area contributed by atoms with E-state index in [2.05, 4.69) is 15.3 Å². The van der Waals surface area contributed by atoms with Crippen LogP contribution in [0.4, 0.5) is 4.39 Å². The molecule has 1 aromatic carbocycles. The first kappa shape index (κ1) is 14.6. The molecule has 1 aliphatic heterocycles. The highest BCUT2D eigenvalue weighted by Gasteiger charge is 2.28. The van der Waals surface area contributed by atoms with E-state index in [9.17, 15) is 9.18 Å². The molecule has 4 rings (SSSR count). The Kier molecular flexibility index (Phi) is 3.19. The molecule has 122 valence electrons. The number of imidazole rings is 1. The zero-order chi connectivity index (χ0) is 16.8. The van der Waals surface area contributed by atoms with Gasteiger partial charge in [0.25, 0.3) is 0 Å². The third kappa shape index (κ3) is 2.03. The number of aryl methyl sites for hydroxylation is 1. The van der Waals surface area contributed by atoms with Gasteiger partial charge in [0, 0.05) is 12.5 Å². The number of nitrogens with zero attached hydrogens (tertiary/aromatic N) is 5. The summed E-state index contributed by atoms with van der Waals surface area (Å²) in [6, 6.07) is 4.39. The van der Waals surface area contributed by atoms with Crippen LogP contribution in [0.1, 0.15) is 34.5 Å². The van der Waals surface area contributed by atoms with E-state index < -0.39 is 5.97 Å². The molecule has 0 amide bonds. The van der Waals surface area contributed by atoms with Gasteiger partial charge in [0.05, 0.1) is 35.1 Å². The summed E-state index contributed by atoms with van der Waals surface area (Å²) in [5.41, 5.74) is 3.66. The first-order valence-corrected chi connectivity index (χ1v) is 7.55. The number of hydrogen-bond acceptors (Lipinski definition) is 5. The minimum absolute atomic E-state index is 0.251. The normalized spacial score (nSPS) is 12.1. The molecule has 0 radical (unpaired) electrons. The fraction of sp³-hybridized carbons (Fsp3) is 0.250. The third-order valence-electron chi connectivity index (χ3n) is 4.05. The second kappa shape index (κ2) is 5.26. The van der Waals surface area contributed by atoms with Gasteiger partial charge < -0.3 is 4.74 Å². The Morgan fingerprint density at radius 2 is 2.17 bits per heavy atom. The molecule has 0 spiro atoms. The number of aromatic nitrogens is 5. The standard InChI is InChI=1S/C16H14FN5O2/c1-3-24-16(23)15-14-7-12-9(2)19-20-22(12)13-6-10(17)4-5-11(13)21(14)8-18-15/h4-6,8H,3,7H2,1-2H3. The average Bonchev–Trinajstić information content (AvgIpc) is 3.10. The van der Waals surface area contributed by atoms with Crippen molar-refractivity contribution in [3.05, 3.63) is 53.1 Å². The second-order valence-corrected chi connectivity index (χ2v) is 5.47. The number of benzene rings is 1. The summed E-state index contributed by atoms with van der Waals surface area (Å²) in [6.45, 7) is 3.84. The molecular weight excluding hydrogens is 313 g/mol. The molecular formula is C16H14FN5O2. The van der Waals surface area contributed by atoms with E-state index in [1.165, 1.54) is 12.1 Å². The maximum atomic E-state index is 13.8. The number of rotatable bonds is 2. The lowest BCUT2D eigenvalue weighted by Crippen LogP contribution is -2.10.